The largest absolute Gasteiger partial charge is 0.500 e. The minimum Gasteiger partial charge on any atom is -0.500 e. The molecule has 1 atom stereocenters. The van der Waals surface area contributed by atoms with Gasteiger partial charge in [-0.2, -0.15) is 5.26 Å². The van der Waals surface area contributed by atoms with Crippen molar-refractivity contribution in [1.82, 2.24) is 10.2 Å². The fraction of sp³-hybridized carbons (Fsp3) is 0.143. The van der Waals surface area contributed by atoms with Gasteiger partial charge in [-0.3, -0.25) is 15.2 Å². The lowest BCUT2D eigenvalue weighted by molar-refractivity contribution is -0.386. The fourth-order valence-electron chi connectivity index (χ4n) is 3.64. The molecule has 4 N–H and O–H groups in total. The summed E-state index contributed by atoms with van der Waals surface area (Å²) in [5.74, 6) is -1.75. The maximum Gasteiger partial charge on any atom is 0.314 e. The number of nitrogens with one attached hydrogen (secondary N) is 1. The zero-order valence-corrected chi connectivity index (χ0v) is 18.4. The van der Waals surface area contributed by atoms with E-state index >= 15 is 0 Å². The predicted molar refractivity (Wildman–Crippen MR) is 119 cm³/mol. The van der Waals surface area contributed by atoms with Crippen molar-refractivity contribution in [2.75, 3.05) is 6.61 Å². The topological polar surface area (TPSA) is 160 Å². The minimum atomic E-state index is -0.916. The van der Waals surface area contributed by atoms with Crippen molar-refractivity contribution < 1.29 is 19.5 Å². The van der Waals surface area contributed by atoms with Crippen LogP contribution in [-0.4, -0.2) is 26.8 Å². The number of aromatic hydroxyl groups is 1. The molecule has 4 rings (SSSR count). The van der Waals surface area contributed by atoms with Crippen molar-refractivity contribution in [2.45, 2.75) is 12.8 Å². The Kier molecular flexibility index (Phi) is 5.76. The van der Waals surface area contributed by atoms with E-state index in [9.17, 15) is 20.5 Å². The number of halogens is 2. The van der Waals surface area contributed by atoms with Crippen molar-refractivity contribution in [2.24, 2.45) is 5.73 Å². The van der Waals surface area contributed by atoms with Crippen LogP contribution in [0.2, 0.25) is 10.0 Å². The summed E-state index contributed by atoms with van der Waals surface area (Å²) in [5, 5.41) is 39.4. The Bertz CT molecular complexity index is 1360. The number of nitro benzene ring substituents is 1. The molecular formula is C21H15Cl2N5O5. The number of nitro groups is 1. The number of hydrogen-bond acceptors (Lipinski definition) is 8. The van der Waals surface area contributed by atoms with Gasteiger partial charge >= 0.3 is 5.69 Å². The molecule has 0 spiro atoms. The molecule has 0 saturated carbocycles. The fourth-order valence-corrected chi connectivity index (χ4v) is 3.93. The standard InChI is InChI=1S/C21H15Cl2N5O5/c1-2-32-15-7-10(6-14(19(15)29)28(30)31)16-11(8-24)20(25)33-21-17(16)18(26-27-21)9-3-4-12(22)13(23)5-9/h3-7,16,29H,2,25H2,1H3,(H,26,27)/t16-/m0/s1. The average Bonchev–Trinajstić information content (AvgIpc) is 3.19. The number of allylic oxidation sites excluding steroid dienone is 1. The molecule has 1 aromatic heterocycles. The monoisotopic (exact) mass is 487 g/mol. The molecular weight excluding hydrogens is 473 g/mol. The zero-order valence-electron chi connectivity index (χ0n) is 16.9. The quantitative estimate of drug-likeness (QED) is 0.347. The van der Waals surface area contributed by atoms with Crippen LogP contribution in [0, 0.1) is 21.4 Å². The third-order valence-corrected chi connectivity index (χ3v) is 5.79. The van der Waals surface area contributed by atoms with Gasteiger partial charge in [0.15, 0.2) is 5.75 Å². The molecule has 0 unspecified atom stereocenters. The number of benzene rings is 2. The van der Waals surface area contributed by atoms with Crippen LogP contribution in [0.3, 0.4) is 0 Å². The van der Waals surface area contributed by atoms with Crippen LogP contribution < -0.4 is 15.2 Å². The number of fused-ring (bicyclic) bond motifs is 1. The first-order valence-electron chi connectivity index (χ1n) is 9.52. The Labute approximate surface area is 196 Å². The van der Waals surface area contributed by atoms with Gasteiger partial charge in [0.2, 0.25) is 17.5 Å². The maximum absolute atomic E-state index is 11.6. The summed E-state index contributed by atoms with van der Waals surface area (Å²) in [6, 6.07) is 9.49. The lowest BCUT2D eigenvalue weighted by atomic mass is 9.82. The third kappa shape index (κ3) is 3.77. The van der Waals surface area contributed by atoms with E-state index in [4.69, 9.17) is 38.4 Å². The van der Waals surface area contributed by atoms with E-state index in [1.807, 2.05) is 6.07 Å². The van der Waals surface area contributed by atoms with Crippen molar-refractivity contribution in [3.05, 3.63) is 73.1 Å². The first-order valence-corrected chi connectivity index (χ1v) is 10.3. The first kappa shape index (κ1) is 22.3. The number of nitrogens with zero attached hydrogens (tertiary/aromatic N) is 3. The van der Waals surface area contributed by atoms with Gasteiger partial charge in [0.05, 0.1) is 38.8 Å². The molecule has 12 heteroatoms. The van der Waals surface area contributed by atoms with Gasteiger partial charge in [-0.25, -0.2) is 0 Å². The number of phenolic OH excluding ortho intramolecular Hbond substituents is 1. The molecule has 1 aliphatic rings. The maximum atomic E-state index is 11.6. The van der Waals surface area contributed by atoms with Gasteiger partial charge in [-0.15, -0.1) is 5.10 Å². The van der Waals surface area contributed by atoms with Gasteiger partial charge in [-0.1, -0.05) is 29.3 Å². The van der Waals surface area contributed by atoms with Gasteiger partial charge in [0, 0.05) is 11.6 Å². The number of aromatic nitrogens is 2. The average molecular weight is 488 g/mol. The summed E-state index contributed by atoms with van der Waals surface area (Å²) in [5.41, 5.74) is 7.11. The van der Waals surface area contributed by atoms with Crippen molar-refractivity contribution in [3.8, 4) is 34.7 Å². The lowest BCUT2D eigenvalue weighted by Gasteiger charge is -2.24. The molecule has 1 aliphatic heterocycles. The Morgan fingerprint density at radius 3 is 2.76 bits per heavy atom. The number of phenols is 1. The Morgan fingerprint density at radius 2 is 2.12 bits per heavy atom. The van der Waals surface area contributed by atoms with Crippen molar-refractivity contribution in [1.29, 1.82) is 5.26 Å². The second kappa shape index (κ2) is 8.54. The van der Waals surface area contributed by atoms with E-state index in [2.05, 4.69) is 10.2 Å². The lowest BCUT2D eigenvalue weighted by Crippen LogP contribution is -2.21. The van der Waals surface area contributed by atoms with Crippen LogP contribution in [0.25, 0.3) is 11.3 Å². The van der Waals surface area contributed by atoms with Gasteiger partial charge in [0.1, 0.15) is 11.6 Å². The van der Waals surface area contributed by atoms with Crippen LogP contribution in [-0.2, 0) is 0 Å². The summed E-state index contributed by atoms with van der Waals surface area (Å²) >= 11 is 12.2. The number of H-pyrrole nitrogens is 1. The second-order valence-corrected chi connectivity index (χ2v) is 7.76. The number of aromatic amines is 1. The SMILES string of the molecule is CCOc1cc([C@H]2C(C#N)=C(N)Oc3n[nH]c(-c4ccc(Cl)c(Cl)c4)c32)cc([N+](=O)[O-])c1O. The van der Waals surface area contributed by atoms with E-state index < -0.39 is 22.3 Å². The highest BCUT2D eigenvalue weighted by atomic mass is 35.5. The summed E-state index contributed by atoms with van der Waals surface area (Å²) in [4.78, 5) is 10.9. The molecule has 0 radical (unpaired) electrons. The summed E-state index contributed by atoms with van der Waals surface area (Å²) < 4.78 is 10.9. The molecule has 10 nitrogen and oxygen atoms in total. The molecule has 0 bridgehead atoms. The van der Waals surface area contributed by atoms with E-state index in [0.29, 0.717) is 26.9 Å². The second-order valence-electron chi connectivity index (χ2n) is 6.95. The summed E-state index contributed by atoms with van der Waals surface area (Å²) in [6.45, 7) is 1.82. The van der Waals surface area contributed by atoms with Crippen LogP contribution in [0.15, 0.2) is 41.8 Å². The van der Waals surface area contributed by atoms with Gasteiger partial charge < -0.3 is 20.3 Å². The predicted octanol–water partition coefficient (Wildman–Crippen LogP) is 4.61. The minimum absolute atomic E-state index is 0.00708. The highest BCUT2D eigenvalue weighted by Gasteiger charge is 2.37. The van der Waals surface area contributed by atoms with E-state index in [-0.39, 0.29) is 35.3 Å². The van der Waals surface area contributed by atoms with E-state index in [1.165, 1.54) is 6.07 Å². The Hall–Kier alpha value is -3.94. The van der Waals surface area contributed by atoms with Crippen LogP contribution in [0.4, 0.5) is 5.69 Å². The number of rotatable bonds is 5. The van der Waals surface area contributed by atoms with Crippen LogP contribution in [0.1, 0.15) is 24.0 Å². The van der Waals surface area contributed by atoms with Crippen molar-refractivity contribution >= 4 is 28.9 Å². The van der Waals surface area contributed by atoms with Crippen LogP contribution >= 0.6 is 23.2 Å². The van der Waals surface area contributed by atoms with Gasteiger partial charge in [-0.05, 0) is 30.7 Å². The molecule has 168 valence electrons. The Balaban J connectivity index is 2.00. The van der Waals surface area contributed by atoms with E-state index in [0.717, 1.165) is 6.07 Å². The molecule has 2 heterocycles. The highest BCUT2D eigenvalue weighted by Crippen LogP contribution is 2.49. The number of nitrogens with two attached hydrogens (primary N) is 1. The Morgan fingerprint density at radius 1 is 1.36 bits per heavy atom. The molecule has 0 aliphatic carbocycles. The third-order valence-electron chi connectivity index (χ3n) is 5.05. The van der Waals surface area contributed by atoms with E-state index in [1.54, 1.807) is 25.1 Å². The molecule has 2 aromatic carbocycles. The first-order chi connectivity index (χ1) is 15.8. The molecule has 0 saturated heterocycles. The smallest absolute Gasteiger partial charge is 0.314 e. The summed E-state index contributed by atoms with van der Waals surface area (Å²) in [7, 11) is 0. The van der Waals surface area contributed by atoms with Crippen LogP contribution in [0.5, 0.6) is 17.4 Å². The molecule has 33 heavy (non-hydrogen) atoms. The molecule has 0 fully saturated rings. The number of hydrogen-bond donors (Lipinski definition) is 3. The number of ether oxygens (including phenoxy) is 2. The zero-order chi connectivity index (χ0) is 23.9. The number of nitriles is 1. The molecule has 0 amide bonds. The summed E-state index contributed by atoms with van der Waals surface area (Å²) in [6.07, 6.45) is 0. The van der Waals surface area contributed by atoms with Gasteiger partial charge in [0.25, 0.3) is 0 Å². The van der Waals surface area contributed by atoms with Crippen molar-refractivity contribution in [3.63, 3.8) is 0 Å². The molecule has 3 aromatic rings. The highest BCUT2D eigenvalue weighted by molar-refractivity contribution is 6.42. The normalized spacial score (nSPS) is 14.9.